The van der Waals surface area contributed by atoms with Gasteiger partial charge in [0.2, 0.25) is 0 Å². The Bertz CT molecular complexity index is 200. The maximum atomic E-state index is 11.5. The van der Waals surface area contributed by atoms with Crippen LogP contribution in [0.2, 0.25) is 0 Å². The van der Waals surface area contributed by atoms with Gasteiger partial charge in [0.25, 0.3) is 0 Å². The SMILES string of the molecule is CCCCCCCC(S)OC(=O)C(C)(C)S. The van der Waals surface area contributed by atoms with Gasteiger partial charge in [0.05, 0.1) is 0 Å². The second-order valence-electron chi connectivity index (χ2n) is 4.62. The second-order valence-corrected chi connectivity index (χ2v) is 6.32. The molecule has 2 nitrogen and oxygen atoms in total. The quantitative estimate of drug-likeness (QED) is 0.301. The van der Waals surface area contributed by atoms with Crippen molar-refractivity contribution < 1.29 is 9.53 Å². The molecule has 0 aromatic rings. The number of thiol groups is 2. The van der Waals surface area contributed by atoms with Crippen LogP contribution >= 0.6 is 25.3 Å². The largest absolute Gasteiger partial charge is 0.451 e. The highest BCUT2D eigenvalue weighted by Gasteiger charge is 2.26. The van der Waals surface area contributed by atoms with Crippen LogP contribution in [0.1, 0.15) is 59.3 Å². The number of hydrogen-bond acceptors (Lipinski definition) is 4. The van der Waals surface area contributed by atoms with E-state index >= 15 is 0 Å². The standard InChI is InChI=1S/C12H24O2S2/c1-4-5-6-7-8-9-10(15)14-11(13)12(2,3)16/h10,15-16H,4-9H2,1-3H3. The maximum Gasteiger partial charge on any atom is 0.322 e. The number of hydrogen-bond donors (Lipinski definition) is 2. The summed E-state index contributed by atoms with van der Waals surface area (Å²) in [5.41, 5.74) is -0.291. The van der Waals surface area contributed by atoms with Crippen LogP contribution in [0.5, 0.6) is 0 Å². The molecule has 0 amide bonds. The minimum Gasteiger partial charge on any atom is -0.451 e. The lowest BCUT2D eigenvalue weighted by Gasteiger charge is -2.19. The van der Waals surface area contributed by atoms with E-state index in [1.807, 2.05) is 0 Å². The zero-order valence-electron chi connectivity index (χ0n) is 10.5. The van der Waals surface area contributed by atoms with Gasteiger partial charge in [-0.05, 0) is 26.7 Å². The van der Waals surface area contributed by atoms with E-state index < -0.39 is 4.75 Å². The van der Waals surface area contributed by atoms with Gasteiger partial charge in [-0.25, -0.2) is 0 Å². The molecule has 4 heteroatoms. The Morgan fingerprint density at radius 2 is 1.81 bits per heavy atom. The van der Waals surface area contributed by atoms with Crippen LogP contribution in [-0.2, 0) is 9.53 Å². The van der Waals surface area contributed by atoms with Crippen molar-refractivity contribution in [3.05, 3.63) is 0 Å². The molecule has 0 fully saturated rings. The summed E-state index contributed by atoms with van der Waals surface area (Å²) in [5.74, 6) is -0.301. The second kappa shape index (κ2) is 8.29. The molecule has 16 heavy (non-hydrogen) atoms. The highest BCUT2D eigenvalue weighted by atomic mass is 32.1. The van der Waals surface area contributed by atoms with Gasteiger partial charge in [-0.15, -0.1) is 12.6 Å². The molecule has 0 heterocycles. The Morgan fingerprint density at radius 1 is 1.25 bits per heavy atom. The average molecular weight is 264 g/mol. The summed E-state index contributed by atoms with van der Waals surface area (Å²) >= 11 is 8.40. The first-order valence-electron chi connectivity index (χ1n) is 5.99. The third-order valence-corrected chi connectivity index (χ3v) is 2.84. The van der Waals surface area contributed by atoms with Crippen LogP contribution in [0.4, 0.5) is 0 Å². The van der Waals surface area contributed by atoms with E-state index in [4.69, 9.17) is 4.74 Å². The summed E-state index contributed by atoms with van der Waals surface area (Å²) in [6, 6.07) is 0. The Kier molecular flexibility index (Phi) is 8.38. The Labute approximate surface area is 110 Å². The highest BCUT2D eigenvalue weighted by Crippen LogP contribution is 2.18. The Balaban J connectivity index is 3.59. The molecule has 0 aromatic carbocycles. The number of carbonyl (C=O) groups excluding carboxylic acids is 1. The summed E-state index contributed by atoms with van der Waals surface area (Å²) in [6.45, 7) is 5.64. The van der Waals surface area contributed by atoms with E-state index in [0.29, 0.717) is 0 Å². The number of unbranched alkanes of at least 4 members (excludes halogenated alkanes) is 4. The van der Waals surface area contributed by atoms with Gasteiger partial charge in [0.15, 0.2) is 0 Å². The topological polar surface area (TPSA) is 26.3 Å². The molecule has 0 N–H and O–H groups in total. The van der Waals surface area contributed by atoms with Crippen LogP contribution in [0.15, 0.2) is 0 Å². The third kappa shape index (κ3) is 8.34. The van der Waals surface area contributed by atoms with E-state index in [2.05, 4.69) is 32.2 Å². The van der Waals surface area contributed by atoms with E-state index in [-0.39, 0.29) is 11.4 Å². The highest BCUT2D eigenvalue weighted by molar-refractivity contribution is 7.82. The molecule has 0 aliphatic carbocycles. The first-order chi connectivity index (χ1) is 7.38. The minimum atomic E-state index is -0.733. The third-order valence-electron chi connectivity index (χ3n) is 2.30. The predicted molar refractivity (Wildman–Crippen MR) is 75.3 cm³/mol. The average Bonchev–Trinajstić information content (AvgIpc) is 2.16. The van der Waals surface area contributed by atoms with Crippen molar-refractivity contribution in [1.82, 2.24) is 0 Å². The van der Waals surface area contributed by atoms with Gasteiger partial charge >= 0.3 is 5.97 Å². The van der Waals surface area contributed by atoms with Crippen molar-refractivity contribution in [2.75, 3.05) is 0 Å². The number of carbonyl (C=O) groups is 1. The van der Waals surface area contributed by atoms with Crippen LogP contribution in [-0.4, -0.2) is 16.2 Å². The fourth-order valence-corrected chi connectivity index (χ4v) is 1.58. The molecular formula is C12H24O2S2. The first kappa shape index (κ1) is 16.2. The monoisotopic (exact) mass is 264 g/mol. The van der Waals surface area contributed by atoms with Gasteiger partial charge in [0.1, 0.15) is 10.2 Å². The Morgan fingerprint density at radius 3 is 2.31 bits per heavy atom. The van der Waals surface area contributed by atoms with Crippen LogP contribution in [0.25, 0.3) is 0 Å². The Hall–Kier alpha value is 0.170. The molecule has 0 radical (unpaired) electrons. The molecule has 1 unspecified atom stereocenters. The smallest absolute Gasteiger partial charge is 0.322 e. The molecule has 0 saturated heterocycles. The molecule has 96 valence electrons. The molecule has 0 rings (SSSR count). The maximum absolute atomic E-state index is 11.5. The lowest BCUT2D eigenvalue weighted by molar-refractivity contribution is -0.147. The van der Waals surface area contributed by atoms with Crippen LogP contribution < -0.4 is 0 Å². The van der Waals surface area contributed by atoms with Crippen molar-refractivity contribution in [3.63, 3.8) is 0 Å². The van der Waals surface area contributed by atoms with E-state index in [9.17, 15) is 4.79 Å². The predicted octanol–water partition coefficient (Wildman–Crippen LogP) is 3.85. The van der Waals surface area contributed by atoms with Gasteiger partial charge < -0.3 is 4.74 Å². The summed E-state index contributed by atoms with van der Waals surface area (Å²) in [4.78, 5) is 11.5. The fraction of sp³-hybridized carbons (Fsp3) is 0.917. The summed E-state index contributed by atoms with van der Waals surface area (Å²) in [6.07, 6.45) is 6.85. The lowest BCUT2D eigenvalue weighted by atomic mass is 10.1. The van der Waals surface area contributed by atoms with E-state index in [0.717, 1.165) is 12.8 Å². The van der Waals surface area contributed by atoms with Gasteiger partial charge in [-0.3, -0.25) is 4.79 Å². The van der Waals surface area contributed by atoms with Crippen molar-refractivity contribution >= 4 is 31.2 Å². The zero-order valence-corrected chi connectivity index (χ0v) is 12.3. The van der Waals surface area contributed by atoms with Gasteiger partial charge in [0, 0.05) is 0 Å². The molecule has 0 saturated carbocycles. The summed E-state index contributed by atoms with van der Waals surface area (Å²) < 4.78 is 4.44. The summed E-state index contributed by atoms with van der Waals surface area (Å²) in [7, 11) is 0. The van der Waals surface area contributed by atoms with Crippen molar-refractivity contribution in [3.8, 4) is 0 Å². The van der Waals surface area contributed by atoms with Crippen molar-refractivity contribution in [2.45, 2.75) is 69.5 Å². The zero-order chi connectivity index (χ0) is 12.6. The molecule has 1 atom stereocenters. The molecule has 0 aromatic heterocycles. The molecule has 0 aliphatic rings. The van der Waals surface area contributed by atoms with Crippen LogP contribution in [0.3, 0.4) is 0 Å². The first-order valence-corrected chi connectivity index (χ1v) is 6.95. The number of esters is 1. The fourth-order valence-electron chi connectivity index (χ4n) is 1.25. The molecule has 0 spiro atoms. The minimum absolute atomic E-state index is 0.291. The van der Waals surface area contributed by atoms with Gasteiger partial charge in [-0.2, -0.15) is 12.6 Å². The van der Waals surface area contributed by atoms with Gasteiger partial charge in [-0.1, -0.05) is 32.6 Å². The lowest BCUT2D eigenvalue weighted by Crippen LogP contribution is -2.29. The molecule has 0 aliphatic heterocycles. The van der Waals surface area contributed by atoms with Crippen molar-refractivity contribution in [1.29, 1.82) is 0 Å². The van der Waals surface area contributed by atoms with Crippen LogP contribution in [0, 0.1) is 0 Å². The molecule has 0 bridgehead atoms. The molecular weight excluding hydrogens is 240 g/mol. The number of rotatable bonds is 8. The van der Waals surface area contributed by atoms with E-state index in [1.54, 1.807) is 13.8 Å². The number of ether oxygens (including phenoxy) is 1. The summed E-state index contributed by atoms with van der Waals surface area (Å²) in [5, 5.41) is 0. The normalized spacial score (nSPS) is 13.6. The van der Waals surface area contributed by atoms with Crippen molar-refractivity contribution in [2.24, 2.45) is 0 Å². The van der Waals surface area contributed by atoms with E-state index in [1.165, 1.54) is 25.7 Å².